The van der Waals surface area contributed by atoms with Gasteiger partial charge in [-0.25, -0.2) is 0 Å². The Morgan fingerprint density at radius 1 is 1.33 bits per heavy atom. The minimum absolute atomic E-state index is 0.0379. The van der Waals surface area contributed by atoms with E-state index in [1.165, 1.54) is 0 Å². The lowest BCUT2D eigenvalue weighted by atomic mass is 9.83. The zero-order valence-electron chi connectivity index (χ0n) is 8.93. The van der Waals surface area contributed by atoms with Gasteiger partial charge < -0.3 is 4.74 Å². The summed E-state index contributed by atoms with van der Waals surface area (Å²) in [6, 6.07) is 5.75. The summed E-state index contributed by atoms with van der Waals surface area (Å²) >= 11 is 6.02. The van der Waals surface area contributed by atoms with Crippen LogP contribution in [-0.4, -0.2) is 20.2 Å². The third-order valence-corrected chi connectivity index (χ3v) is 3.13. The van der Waals surface area contributed by atoms with Crippen molar-refractivity contribution in [1.29, 1.82) is 0 Å². The largest absolute Gasteiger partial charge is 0.496 e. The predicted octanol–water partition coefficient (Wildman–Crippen LogP) is 1.71. The molecule has 0 aromatic heterocycles. The van der Waals surface area contributed by atoms with Crippen molar-refractivity contribution in [2.24, 2.45) is 0 Å². The van der Waals surface area contributed by atoms with Crippen LogP contribution in [0, 0.1) is 0 Å². The van der Waals surface area contributed by atoms with Gasteiger partial charge in [0.2, 0.25) is 0 Å². The number of hydrogen-bond donors (Lipinski definition) is 2. The number of hydrazine groups is 1. The van der Waals surface area contributed by atoms with Gasteiger partial charge in [0.15, 0.2) is 0 Å². The second kappa shape index (κ2) is 4.00. The van der Waals surface area contributed by atoms with Gasteiger partial charge in [0, 0.05) is 29.1 Å². The lowest BCUT2D eigenvalue weighted by Gasteiger charge is -2.24. The summed E-state index contributed by atoms with van der Waals surface area (Å²) in [5, 5.41) is 0.749. The van der Waals surface area contributed by atoms with Crippen LogP contribution < -0.4 is 15.6 Å². The molecule has 1 aliphatic rings. The SMILES string of the molecule is COc1ccc(Cl)cc1C1(C)CNNC1. The van der Waals surface area contributed by atoms with E-state index in [1.807, 2.05) is 18.2 Å². The molecule has 1 aliphatic heterocycles. The van der Waals surface area contributed by atoms with Gasteiger partial charge in [-0.15, -0.1) is 0 Å². The zero-order chi connectivity index (χ0) is 10.9. The van der Waals surface area contributed by atoms with Gasteiger partial charge in [-0.05, 0) is 18.2 Å². The monoisotopic (exact) mass is 226 g/mol. The Morgan fingerprint density at radius 3 is 2.60 bits per heavy atom. The van der Waals surface area contributed by atoms with Gasteiger partial charge in [-0.2, -0.15) is 0 Å². The topological polar surface area (TPSA) is 33.3 Å². The summed E-state index contributed by atoms with van der Waals surface area (Å²) in [5.74, 6) is 0.896. The van der Waals surface area contributed by atoms with E-state index in [1.54, 1.807) is 7.11 Å². The lowest BCUT2D eigenvalue weighted by Crippen LogP contribution is -2.28. The molecule has 0 spiro atoms. The first-order valence-corrected chi connectivity index (χ1v) is 5.33. The van der Waals surface area contributed by atoms with Crippen LogP contribution in [0.5, 0.6) is 5.75 Å². The standard InChI is InChI=1S/C11H15ClN2O/c1-11(6-13-14-7-11)9-5-8(12)3-4-10(9)15-2/h3-5,13-14H,6-7H2,1-2H3. The van der Waals surface area contributed by atoms with Crippen LogP contribution in [0.2, 0.25) is 5.02 Å². The average Bonchev–Trinajstić information content (AvgIpc) is 2.66. The normalized spacial score (nSPS) is 19.1. The smallest absolute Gasteiger partial charge is 0.122 e. The molecule has 4 heteroatoms. The molecule has 0 saturated carbocycles. The van der Waals surface area contributed by atoms with E-state index < -0.39 is 0 Å². The summed E-state index contributed by atoms with van der Waals surface area (Å²) in [6.45, 7) is 3.95. The minimum atomic E-state index is 0.0379. The quantitative estimate of drug-likeness (QED) is 0.806. The van der Waals surface area contributed by atoms with Gasteiger partial charge >= 0.3 is 0 Å². The Balaban J connectivity index is 2.44. The van der Waals surface area contributed by atoms with Crippen molar-refractivity contribution in [1.82, 2.24) is 10.9 Å². The number of halogens is 1. The first kappa shape index (κ1) is 10.7. The number of nitrogens with one attached hydrogen (secondary N) is 2. The summed E-state index contributed by atoms with van der Waals surface area (Å²) in [4.78, 5) is 0. The Kier molecular flexibility index (Phi) is 2.87. The molecule has 1 aromatic carbocycles. The van der Waals surface area contributed by atoms with Crippen molar-refractivity contribution >= 4 is 11.6 Å². The van der Waals surface area contributed by atoms with Gasteiger partial charge in [0.05, 0.1) is 7.11 Å². The zero-order valence-corrected chi connectivity index (χ0v) is 9.69. The highest BCUT2D eigenvalue weighted by atomic mass is 35.5. The molecule has 0 atom stereocenters. The molecule has 2 N–H and O–H groups in total. The first-order chi connectivity index (χ1) is 7.15. The summed E-state index contributed by atoms with van der Waals surface area (Å²) in [5.41, 5.74) is 7.45. The second-order valence-corrected chi connectivity index (χ2v) is 4.55. The molecule has 1 heterocycles. The molecular weight excluding hydrogens is 212 g/mol. The van der Waals surface area contributed by atoms with Crippen molar-refractivity contribution in [2.45, 2.75) is 12.3 Å². The van der Waals surface area contributed by atoms with E-state index in [0.29, 0.717) is 0 Å². The second-order valence-electron chi connectivity index (χ2n) is 4.11. The van der Waals surface area contributed by atoms with Crippen molar-refractivity contribution in [3.63, 3.8) is 0 Å². The Labute approximate surface area is 94.7 Å². The average molecular weight is 227 g/mol. The number of rotatable bonds is 2. The number of hydrogen-bond acceptors (Lipinski definition) is 3. The van der Waals surface area contributed by atoms with E-state index in [-0.39, 0.29) is 5.41 Å². The maximum Gasteiger partial charge on any atom is 0.122 e. The van der Waals surface area contributed by atoms with Crippen molar-refractivity contribution in [3.8, 4) is 5.75 Å². The minimum Gasteiger partial charge on any atom is -0.496 e. The van der Waals surface area contributed by atoms with E-state index in [2.05, 4.69) is 17.8 Å². The van der Waals surface area contributed by atoms with Crippen LogP contribution in [0.15, 0.2) is 18.2 Å². The van der Waals surface area contributed by atoms with E-state index in [0.717, 1.165) is 29.4 Å². The molecule has 2 rings (SSSR count). The first-order valence-electron chi connectivity index (χ1n) is 4.95. The van der Waals surface area contributed by atoms with E-state index >= 15 is 0 Å². The fourth-order valence-corrected chi connectivity index (χ4v) is 2.09. The molecular formula is C11H15ClN2O. The summed E-state index contributed by atoms with van der Waals surface area (Å²) < 4.78 is 5.36. The van der Waals surface area contributed by atoms with Gasteiger partial charge in [0.25, 0.3) is 0 Å². The Morgan fingerprint density at radius 2 is 2.00 bits per heavy atom. The van der Waals surface area contributed by atoms with Crippen LogP contribution in [0.1, 0.15) is 12.5 Å². The predicted molar refractivity (Wildman–Crippen MR) is 61.4 cm³/mol. The highest BCUT2D eigenvalue weighted by Crippen LogP contribution is 2.34. The van der Waals surface area contributed by atoms with Crippen molar-refractivity contribution in [2.75, 3.05) is 20.2 Å². The molecule has 0 amide bonds. The highest BCUT2D eigenvalue weighted by molar-refractivity contribution is 6.30. The molecule has 0 unspecified atom stereocenters. The highest BCUT2D eigenvalue weighted by Gasteiger charge is 2.33. The molecule has 0 radical (unpaired) electrons. The molecule has 0 aliphatic carbocycles. The van der Waals surface area contributed by atoms with Gasteiger partial charge in [-0.1, -0.05) is 18.5 Å². The third kappa shape index (κ3) is 1.95. The van der Waals surface area contributed by atoms with Crippen molar-refractivity contribution < 1.29 is 4.74 Å². The van der Waals surface area contributed by atoms with E-state index in [4.69, 9.17) is 16.3 Å². The fourth-order valence-electron chi connectivity index (χ4n) is 1.92. The molecule has 1 aromatic rings. The Hall–Kier alpha value is -0.770. The maximum absolute atomic E-state index is 6.02. The Bertz CT molecular complexity index is 362. The summed E-state index contributed by atoms with van der Waals surface area (Å²) in [7, 11) is 1.69. The molecule has 3 nitrogen and oxygen atoms in total. The number of ether oxygens (including phenoxy) is 1. The van der Waals surface area contributed by atoms with E-state index in [9.17, 15) is 0 Å². The molecule has 1 saturated heterocycles. The maximum atomic E-state index is 6.02. The fraction of sp³-hybridized carbons (Fsp3) is 0.455. The van der Waals surface area contributed by atoms with Crippen LogP contribution in [0.3, 0.4) is 0 Å². The van der Waals surface area contributed by atoms with Crippen LogP contribution >= 0.6 is 11.6 Å². The van der Waals surface area contributed by atoms with Gasteiger partial charge in [-0.3, -0.25) is 10.9 Å². The summed E-state index contributed by atoms with van der Waals surface area (Å²) in [6.07, 6.45) is 0. The number of methoxy groups -OCH3 is 1. The lowest BCUT2D eigenvalue weighted by molar-refractivity contribution is 0.395. The van der Waals surface area contributed by atoms with Crippen LogP contribution in [0.25, 0.3) is 0 Å². The van der Waals surface area contributed by atoms with Crippen molar-refractivity contribution in [3.05, 3.63) is 28.8 Å². The molecule has 15 heavy (non-hydrogen) atoms. The number of benzene rings is 1. The molecule has 82 valence electrons. The third-order valence-electron chi connectivity index (χ3n) is 2.89. The molecule has 0 bridgehead atoms. The van der Waals surface area contributed by atoms with Gasteiger partial charge in [0.1, 0.15) is 5.75 Å². The van der Waals surface area contributed by atoms with Crippen LogP contribution in [0.4, 0.5) is 0 Å². The van der Waals surface area contributed by atoms with Crippen LogP contribution in [-0.2, 0) is 5.41 Å². The molecule has 1 fully saturated rings.